The molecule has 0 bridgehead atoms. The van der Waals surface area contributed by atoms with Crippen molar-refractivity contribution in [1.82, 2.24) is 4.90 Å². The van der Waals surface area contributed by atoms with E-state index in [9.17, 15) is 4.79 Å². The van der Waals surface area contributed by atoms with Crippen LogP contribution in [0.3, 0.4) is 0 Å². The van der Waals surface area contributed by atoms with Crippen LogP contribution in [0.25, 0.3) is 6.08 Å². The Kier molecular flexibility index (Phi) is 6.30. The molecule has 3 nitrogen and oxygen atoms in total. The largest absolute Gasteiger partial charge is 0.478 e. The lowest BCUT2D eigenvalue weighted by molar-refractivity contribution is -0.131. The molecular weight excluding hydrogens is 238 g/mol. The highest BCUT2D eigenvalue weighted by Crippen LogP contribution is 2.16. The zero-order valence-electron chi connectivity index (χ0n) is 12.0. The van der Waals surface area contributed by atoms with E-state index in [-0.39, 0.29) is 0 Å². The summed E-state index contributed by atoms with van der Waals surface area (Å²) in [6.45, 7) is 5.23. The van der Waals surface area contributed by atoms with E-state index in [1.807, 2.05) is 18.2 Å². The summed E-state index contributed by atoms with van der Waals surface area (Å²) in [6, 6.07) is 8.50. The van der Waals surface area contributed by atoms with Crippen molar-refractivity contribution in [2.24, 2.45) is 0 Å². The summed E-state index contributed by atoms with van der Waals surface area (Å²) in [4.78, 5) is 12.9. The van der Waals surface area contributed by atoms with E-state index in [1.54, 1.807) is 6.08 Å². The molecule has 1 N–H and O–H groups in total. The number of carbonyl (C=O) groups is 1. The number of aliphatic carboxylic acids is 1. The van der Waals surface area contributed by atoms with Gasteiger partial charge in [0, 0.05) is 18.7 Å². The molecule has 0 saturated heterocycles. The Bertz CT molecular complexity index is 436. The summed E-state index contributed by atoms with van der Waals surface area (Å²) in [7, 11) is 2.12. The molecule has 1 aromatic rings. The summed E-state index contributed by atoms with van der Waals surface area (Å²) in [6.07, 6.45) is 5.11. The van der Waals surface area contributed by atoms with Crippen molar-refractivity contribution in [3.05, 3.63) is 41.5 Å². The second kappa shape index (κ2) is 7.74. The van der Waals surface area contributed by atoms with Crippen molar-refractivity contribution < 1.29 is 9.90 Å². The predicted octanol–water partition coefficient (Wildman–Crippen LogP) is 3.40. The van der Waals surface area contributed by atoms with Gasteiger partial charge in [0.2, 0.25) is 0 Å². The van der Waals surface area contributed by atoms with Gasteiger partial charge in [-0.15, -0.1) is 0 Å². The number of hydrogen-bond acceptors (Lipinski definition) is 2. The molecule has 0 aliphatic heterocycles. The minimum absolute atomic E-state index is 0.566. The average molecular weight is 261 g/mol. The Balaban J connectivity index is 2.86. The smallest absolute Gasteiger partial charge is 0.328 e. The molecule has 0 spiro atoms. The quantitative estimate of drug-likeness (QED) is 0.765. The number of rotatable bonds is 7. The molecule has 0 atom stereocenters. The van der Waals surface area contributed by atoms with E-state index in [1.165, 1.54) is 6.08 Å². The maximum atomic E-state index is 10.6. The van der Waals surface area contributed by atoms with E-state index >= 15 is 0 Å². The van der Waals surface area contributed by atoms with Gasteiger partial charge < -0.3 is 5.11 Å². The molecular formula is C16H23NO2. The molecule has 0 saturated carbocycles. The van der Waals surface area contributed by atoms with Crippen molar-refractivity contribution in [2.75, 3.05) is 7.05 Å². The van der Waals surface area contributed by atoms with Crippen LogP contribution in [-0.4, -0.2) is 29.1 Å². The predicted molar refractivity (Wildman–Crippen MR) is 78.9 cm³/mol. The number of hydrogen-bond donors (Lipinski definition) is 1. The fourth-order valence-electron chi connectivity index (χ4n) is 2.31. The average Bonchev–Trinajstić information content (AvgIpc) is 2.39. The second-order valence-electron chi connectivity index (χ2n) is 4.76. The summed E-state index contributed by atoms with van der Waals surface area (Å²) < 4.78 is 0. The molecule has 0 radical (unpaired) electrons. The molecule has 0 fully saturated rings. The normalized spacial score (nSPS) is 11.6. The van der Waals surface area contributed by atoms with Crippen LogP contribution in [0.4, 0.5) is 0 Å². The van der Waals surface area contributed by atoms with Crippen LogP contribution in [0.1, 0.15) is 37.8 Å². The molecule has 0 aliphatic rings. The van der Waals surface area contributed by atoms with E-state index in [2.05, 4.69) is 31.9 Å². The van der Waals surface area contributed by atoms with Crippen LogP contribution < -0.4 is 0 Å². The Morgan fingerprint density at radius 3 is 2.53 bits per heavy atom. The molecule has 3 heteroatoms. The molecule has 0 heterocycles. The number of nitrogens with zero attached hydrogens (tertiary/aromatic N) is 1. The van der Waals surface area contributed by atoms with Crippen molar-refractivity contribution in [3.63, 3.8) is 0 Å². The van der Waals surface area contributed by atoms with Gasteiger partial charge in [-0.3, -0.25) is 4.90 Å². The third kappa shape index (κ3) is 4.87. The van der Waals surface area contributed by atoms with Crippen LogP contribution in [0.15, 0.2) is 30.3 Å². The van der Waals surface area contributed by atoms with Crippen LogP contribution >= 0.6 is 0 Å². The van der Waals surface area contributed by atoms with Crippen LogP contribution in [-0.2, 0) is 11.3 Å². The van der Waals surface area contributed by atoms with Gasteiger partial charge in [-0.2, -0.15) is 0 Å². The molecule has 104 valence electrons. The second-order valence-corrected chi connectivity index (χ2v) is 4.76. The van der Waals surface area contributed by atoms with E-state index in [0.717, 1.165) is 30.5 Å². The van der Waals surface area contributed by atoms with Gasteiger partial charge in [-0.1, -0.05) is 38.1 Å². The Labute approximate surface area is 115 Å². The number of carboxylic acids is 1. The summed E-state index contributed by atoms with van der Waals surface area (Å²) in [5, 5.41) is 8.71. The van der Waals surface area contributed by atoms with Gasteiger partial charge in [-0.05, 0) is 37.1 Å². The lowest BCUT2D eigenvalue weighted by Crippen LogP contribution is -2.30. The van der Waals surface area contributed by atoms with Crippen LogP contribution in [0, 0.1) is 0 Å². The lowest BCUT2D eigenvalue weighted by Gasteiger charge is -2.26. The fraction of sp³-hybridized carbons (Fsp3) is 0.438. The Hall–Kier alpha value is -1.61. The standard InChI is InChI=1S/C16H23NO2/c1-4-15(5-2)17(3)12-14-9-7-6-8-13(14)10-11-16(18)19/h6-11,15H,4-5,12H2,1-3H3,(H,18,19). The van der Waals surface area contributed by atoms with Crippen molar-refractivity contribution in [3.8, 4) is 0 Å². The number of carboxylic acid groups (broad SMARTS) is 1. The van der Waals surface area contributed by atoms with Crippen LogP contribution in [0.2, 0.25) is 0 Å². The van der Waals surface area contributed by atoms with Gasteiger partial charge >= 0.3 is 5.97 Å². The zero-order valence-corrected chi connectivity index (χ0v) is 12.0. The zero-order chi connectivity index (χ0) is 14.3. The minimum Gasteiger partial charge on any atom is -0.478 e. The summed E-state index contributed by atoms with van der Waals surface area (Å²) in [5.41, 5.74) is 2.14. The highest BCUT2D eigenvalue weighted by atomic mass is 16.4. The summed E-state index contributed by atoms with van der Waals surface area (Å²) >= 11 is 0. The molecule has 19 heavy (non-hydrogen) atoms. The molecule has 0 aliphatic carbocycles. The first kappa shape index (κ1) is 15.4. The maximum Gasteiger partial charge on any atom is 0.328 e. The molecule has 0 aromatic heterocycles. The monoisotopic (exact) mass is 261 g/mol. The van der Waals surface area contributed by atoms with Crippen molar-refractivity contribution >= 4 is 12.0 Å². The third-order valence-corrected chi connectivity index (χ3v) is 3.45. The molecule has 0 amide bonds. The first-order chi connectivity index (χ1) is 9.08. The highest BCUT2D eigenvalue weighted by molar-refractivity contribution is 5.85. The highest BCUT2D eigenvalue weighted by Gasteiger charge is 2.11. The van der Waals surface area contributed by atoms with Gasteiger partial charge in [0.15, 0.2) is 0 Å². The maximum absolute atomic E-state index is 10.6. The fourth-order valence-corrected chi connectivity index (χ4v) is 2.31. The molecule has 1 rings (SSSR count). The third-order valence-electron chi connectivity index (χ3n) is 3.45. The Morgan fingerprint density at radius 1 is 1.32 bits per heavy atom. The van der Waals surface area contributed by atoms with E-state index < -0.39 is 5.97 Å². The topological polar surface area (TPSA) is 40.5 Å². The van der Waals surface area contributed by atoms with Crippen LogP contribution in [0.5, 0.6) is 0 Å². The minimum atomic E-state index is -0.914. The van der Waals surface area contributed by atoms with Crippen molar-refractivity contribution in [2.45, 2.75) is 39.3 Å². The van der Waals surface area contributed by atoms with E-state index in [0.29, 0.717) is 6.04 Å². The lowest BCUT2D eigenvalue weighted by atomic mass is 10.0. The Morgan fingerprint density at radius 2 is 1.95 bits per heavy atom. The SMILES string of the molecule is CCC(CC)N(C)Cc1ccccc1C=CC(=O)O. The van der Waals surface area contributed by atoms with E-state index in [4.69, 9.17) is 5.11 Å². The van der Waals surface area contributed by atoms with Gasteiger partial charge in [0.1, 0.15) is 0 Å². The first-order valence-corrected chi connectivity index (χ1v) is 6.77. The van der Waals surface area contributed by atoms with Crippen molar-refractivity contribution in [1.29, 1.82) is 0 Å². The number of benzene rings is 1. The molecule has 1 aromatic carbocycles. The molecule has 0 unspecified atom stereocenters. The van der Waals surface area contributed by atoms with Gasteiger partial charge in [0.05, 0.1) is 0 Å². The summed E-state index contributed by atoms with van der Waals surface area (Å²) in [5.74, 6) is -0.914. The van der Waals surface area contributed by atoms with Gasteiger partial charge in [-0.25, -0.2) is 4.79 Å². The van der Waals surface area contributed by atoms with Gasteiger partial charge in [0.25, 0.3) is 0 Å². The first-order valence-electron chi connectivity index (χ1n) is 6.77.